The van der Waals surface area contributed by atoms with Gasteiger partial charge in [-0.1, -0.05) is 13.0 Å². The van der Waals surface area contributed by atoms with Crippen LogP contribution in [0.5, 0.6) is 0 Å². The normalized spacial score (nSPS) is 19.9. The molecule has 2 heteroatoms. The van der Waals surface area contributed by atoms with E-state index in [2.05, 4.69) is 18.8 Å². The summed E-state index contributed by atoms with van der Waals surface area (Å²) in [7, 11) is 1.84. The zero-order valence-corrected chi connectivity index (χ0v) is 10.2. The van der Waals surface area contributed by atoms with Gasteiger partial charge in [0, 0.05) is 13.2 Å². The lowest BCUT2D eigenvalue weighted by Crippen LogP contribution is -2.42. The van der Waals surface area contributed by atoms with E-state index in [-0.39, 0.29) is 0 Å². The molecule has 0 aromatic carbocycles. The van der Waals surface area contributed by atoms with Crippen molar-refractivity contribution in [1.82, 2.24) is 5.32 Å². The highest BCUT2D eigenvalue weighted by atomic mass is 16.5. The highest BCUT2D eigenvalue weighted by molar-refractivity contribution is 4.91. The van der Waals surface area contributed by atoms with E-state index >= 15 is 0 Å². The van der Waals surface area contributed by atoms with Gasteiger partial charge in [0.25, 0.3) is 0 Å². The number of hydrogen-bond acceptors (Lipinski definition) is 2. The van der Waals surface area contributed by atoms with Gasteiger partial charge >= 0.3 is 0 Å². The molecule has 0 aromatic heterocycles. The van der Waals surface area contributed by atoms with Crippen LogP contribution in [0.3, 0.4) is 0 Å². The first-order valence-electron chi connectivity index (χ1n) is 6.20. The van der Waals surface area contributed by atoms with Crippen LogP contribution >= 0.6 is 0 Å². The third-order valence-corrected chi connectivity index (χ3v) is 3.09. The van der Waals surface area contributed by atoms with Crippen molar-refractivity contribution < 1.29 is 4.74 Å². The van der Waals surface area contributed by atoms with Crippen LogP contribution in [0.15, 0.2) is 12.7 Å². The smallest absolute Gasteiger partial charge is 0.0752 e. The maximum Gasteiger partial charge on any atom is 0.0752 e. The summed E-state index contributed by atoms with van der Waals surface area (Å²) in [5, 5.41) is 3.60. The maximum absolute atomic E-state index is 5.63. The Bertz CT molecular complexity index is 177. The molecule has 0 radical (unpaired) electrons. The molecule has 1 saturated carbocycles. The molecule has 1 N–H and O–H groups in total. The number of rotatable bonds is 9. The van der Waals surface area contributed by atoms with Gasteiger partial charge in [-0.05, 0) is 44.6 Å². The molecule has 0 spiro atoms. The van der Waals surface area contributed by atoms with Crippen LogP contribution in [0.25, 0.3) is 0 Å². The molecule has 0 aliphatic heterocycles. The second kappa shape index (κ2) is 7.02. The first kappa shape index (κ1) is 12.7. The van der Waals surface area contributed by atoms with Crippen LogP contribution in [0.2, 0.25) is 0 Å². The zero-order valence-electron chi connectivity index (χ0n) is 10.2. The molecular weight excluding hydrogens is 186 g/mol. The summed E-state index contributed by atoms with van der Waals surface area (Å²) in [6.45, 7) is 7.09. The van der Waals surface area contributed by atoms with Gasteiger partial charge in [0.2, 0.25) is 0 Å². The van der Waals surface area contributed by atoms with Crippen LogP contribution < -0.4 is 5.32 Å². The number of allylic oxidation sites excluding steroid dienone is 1. The lowest BCUT2D eigenvalue weighted by Gasteiger charge is -2.26. The average Bonchev–Trinajstić information content (AvgIpc) is 3.06. The monoisotopic (exact) mass is 211 g/mol. The number of nitrogens with one attached hydrogen (secondary N) is 1. The quantitative estimate of drug-likeness (QED) is 0.592. The summed E-state index contributed by atoms with van der Waals surface area (Å²) in [6.07, 6.45) is 8.52. The molecule has 2 atom stereocenters. The summed E-state index contributed by atoms with van der Waals surface area (Å²) < 4.78 is 5.63. The predicted molar refractivity (Wildman–Crippen MR) is 65.0 cm³/mol. The van der Waals surface area contributed by atoms with E-state index in [1.807, 2.05) is 13.2 Å². The molecule has 0 saturated heterocycles. The fourth-order valence-corrected chi connectivity index (χ4v) is 2.12. The zero-order chi connectivity index (χ0) is 11.1. The molecular formula is C13H25NO. The van der Waals surface area contributed by atoms with E-state index in [1.165, 1.54) is 19.3 Å². The Labute approximate surface area is 94.1 Å². The Balaban J connectivity index is 2.39. The molecule has 0 bridgehead atoms. The third-order valence-electron chi connectivity index (χ3n) is 3.09. The van der Waals surface area contributed by atoms with Gasteiger partial charge in [0.05, 0.1) is 6.10 Å². The third kappa shape index (κ3) is 4.35. The lowest BCUT2D eigenvalue weighted by atomic mass is 10.0. The Morgan fingerprint density at radius 3 is 2.73 bits per heavy atom. The number of methoxy groups -OCH3 is 1. The number of hydrogen-bond donors (Lipinski definition) is 1. The van der Waals surface area contributed by atoms with Crippen LogP contribution in [0.4, 0.5) is 0 Å². The van der Waals surface area contributed by atoms with E-state index in [0.29, 0.717) is 12.1 Å². The van der Waals surface area contributed by atoms with Gasteiger partial charge in [-0.3, -0.25) is 0 Å². The van der Waals surface area contributed by atoms with Gasteiger partial charge < -0.3 is 10.1 Å². The van der Waals surface area contributed by atoms with Gasteiger partial charge in [-0.15, -0.1) is 6.58 Å². The van der Waals surface area contributed by atoms with Gasteiger partial charge in [0.15, 0.2) is 0 Å². The number of ether oxygens (including phenoxy) is 1. The Kier molecular flexibility index (Phi) is 5.96. The predicted octanol–water partition coefficient (Wildman–Crippen LogP) is 2.75. The molecule has 0 heterocycles. The Morgan fingerprint density at radius 1 is 1.53 bits per heavy atom. The van der Waals surface area contributed by atoms with Crippen LogP contribution in [0, 0.1) is 5.92 Å². The highest BCUT2D eigenvalue weighted by Crippen LogP contribution is 2.36. The van der Waals surface area contributed by atoms with Crippen molar-refractivity contribution in [2.24, 2.45) is 5.92 Å². The summed E-state index contributed by atoms with van der Waals surface area (Å²) in [5.41, 5.74) is 0. The van der Waals surface area contributed by atoms with Crippen molar-refractivity contribution in [1.29, 1.82) is 0 Å². The van der Waals surface area contributed by atoms with Gasteiger partial charge in [-0.2, -0.15) is 0 Å². The van der Waals surface area contributed by atoms with Crippen molar-refractivity contribution in [2.45, 2.75) is 51.2 Å². The fourth-order valence-electron chi connectivity index (χ4n) is 2.12. The maximum atomic E-state index is 5.63. The summed E-state index contributed by atoms with van der Waals surface area (Å²) in [5.74, 6) is 0.800. The molecule has 0 amide bonds. The lowest BCUT2D eigenvalue weighted by molar-refractivity contribution is 0.0487. The van der Waals surface area contributed by atoms with Crippen LogP contribution in [0.1, 0.15) is 39.0 Å². The Hall–Kier alpha value is -0.340. The minimum atomic E-state index is 0.413. The molecule has 15 heavy (non-hydrogen) atoms. The first-order valence-corrected chi connectivity index (χ1v) is 6.20. The molecule has 1 aliphatic rings. The van der Waals surface area contributed by atoms with Crippen molar-refractivity contribution in [3.63, 3.8) is 0 Å². The van der Waals surface area contributed by atoms with Crippen LogP contribution in [-0.4, -0.2) is 25.8 Å². The molecule has 1 fully saturated rings. The minimum absolute atomic E-state index is 0.413. The second-order valence-corrected chi connectivity index (χ2v) is 4.46. The fraction of sp³-hybridized carbons (Fsp3) is 0.846. The minimum Gasteiger partial charge on any atom is -0.380 e. The largest absolute Gasteiger partial charge is 0.380 e. The van der Waals surface area contributed by atoms with Crippen molar-refractivity contribution in [2.75, 3.05) is 13.7 Å². The Morgan fingerprint density at radius 2 is 2.27 bits per heavy atom. The van der Waals surface area contributed by atoms with E-state index in [1.54, 1.807) is 0 Å². The summed E-state index contributed by atoms with van der Waals surface area (Å²) in [6, 6.07) is 0.514. The molecule has 0 aromatic rings. The topological polar surface area (TPSA) is 21.3 Å². The molecule has 2 nitrogen and oxygen atoms in total. The van der Waals surface area contributed by atoms with Gasteiger partial charge in [-0.25, -0.2) is 0 Å². The van der Waals surface area contributed by atoms with E-state index in [9.17, 15) is 0 Å². The SMILES string of the molecule is C=CCCC(NCCC)C(OC)C1CC1. The van der Waals surface area contributed by atoms with Crippen molar-refractivity contribution in [3.8, 4) is 0 Å². The molecule has 2 unspecified atom stereocenters. The van der Waals surface area contributed by atoms with E-state index in [4.69, 9.17) is 4.74 Å². The second-order valence-electron chi connectivity index (χ2n) is 4.46. The van der Waals surface area contributed by atoms with Crippen molar-refractivity contribution in [3.05, 3.63) is 12.7 Å². The molecule has 88 valence electrons. The average molecular weight is 211 g/mol. The molecule has 1 rings (SSSR count). The van der Waals surface area contributed by atoms with E-state index in [0.717, 1.165) is 25.3 Å². The summed E-state index contributed by atoms with van der Waals surface area (Å²) in [4.78, 5) is 0. The summed E-state index contributed by atoms with van der Waals surface area (Å²) >= 11 is 0. The molecule has 1 aliphatic carbocycles. The highest BCUT2D eigenvalue weighted by Gasteiger charge is 2.36. The standard InChI is InChI=1S/C13H25NO/c1-4-6-7-12(14-10-5-2)13(15-3)11-8-9-11/h4,11-14H,1,5-10H2,2-3H3. The van der Waals surface area contributed by atoms with Gasteiger partial charge in [0.1, 0.15) is 0 Å². The van der Waals surface area contributed by atoms with E-state index < -0.39 is 0 Å². The van der Waals surface area contributed by atoms with Crippen molar-refractivity contribution >= 4 is 0 Å². The van der Waals surface area contributed by atoms with Crippen LogP contribution in [-0.2, 0) is 4.74 Å². The first-order chi connectivity index (χ1) is 7.33.